The van der Waals surface area contributed by atoms with Gasteiger partial charge in [-0.1, -0.05) is 36.8 Å². The van der Waals surface area contributed by atoms with Gasteiger partial charge in [0.1, 0.15) is 6.04 Å². The van der Waals surface area contributed by atoms with E-state index in [0.29, 0.717) is 12.8 Å². The van der Waals surface area contributed by atoms with Crippen LogP contribution in [0.5, 0.6) is 0 Å². The van der Waals surface area contributed by atoms with Crippen LogP contribution in [0.15, 0.2) is 24.3 Å². The minimum Gasteiger partial charge on any atom is -0.340 e. The van der Waals surface area contributed by atoms with E-state index in [9.17, 15) is 4.79 Å². The number of nitrogens with one attached hydrogen (secondary N) is 1. The van der Waals surface area contributed by atoms with E-state index in [-0.39, 0.29) is 11.9 Å². The Balaban J connectivity index is 2.41. The molecule has 0 fully saturated rings. The largest absolute Gasteiger partial charge is 0.340 e. The molecule has 1 aromatic rings. The van der Waals surface area contributed by atoms with Gasteiger partial charge in [0.15, 0.2) is 0 Å². The van der Waals surface area contributed by atoms with Crippen molar-refractivity contribution in [2.24, 2.45) is 0 Å². The fourth-order valence-electron chi connectivity index (χ4n) is 1.62. The molecule has 1 N–H and O–H groups in total. The van der Waals surface area contributed by atoms with Crippen LogP contribution < -0.4 is 5.32 Å². The monoisotopic (exact) mass is 230 g/mol. The number of amides is 1. The number of rotatable bonds is 5. The predicted octanol–water partition coefficient (Wildman–Crippen LogP) is 2.35. The number of carbonyl (C=O) groups is 1. The average Bonchev–Trinajstić information content (AvgIpc) is 2.33. The number of benzene rings is 1. The first-order chi connectivity index (χ1) is 8.15. The second-order valence-electron chi connectivity index (χ2n) is 4.15. The minimum atomic E-state index is -0.361. The summed E-state index contributed by atoms with van der Waals surface area (Å²) < 4.78 is 0. The van der Waals surface area contributed by atoms with Gasteiger partial charge in [0.05, 0.1) is 6.07 Å². The molecular weight excluding hydrogens is 212 g/mol. The quantitative estimate of drug-likeness (QED) is 0.844. The van der Waals surface area contributed by atoms with Gasteiger partial charge in [-0.3, -0.25) is 4.79 Å². The van der Waals surface area contributed by atoms with Crippen molar-refractivity contribution in [3.05, 3.63) is 35.4 Å². The van der Waals surface area contributed by atoms with Gasteiger partial charge in [0.25, 0.3) is 0 Å². The summed E-state index contributed by atoms with van der Waals surface area (Å²) >= 11 is 0. The summed E-state index contributed by atoms with van der Waals surface area (Å²) in [5, 5.41) is 11.4. The third-order valence-corrected chi connectivity index (χ3v) is 2.62. The van der Waals surface area contributed by atoms with Crippen LogP contribution in [-0.2, 0) is 11.2 Å². The number of nitriles is 1. The Morgan fingerprint density at radius 1 is 1.53 bits per heavy atom. The Labute approximate surface area is 102 Å². The Morgan fingerprint density at radius 2 is 2.29 bits per heavy atom. The standard InChI is InChI=1S/C14H18N2O/c1-3-13(10-15)16-14(17)8-7-12-6-4-5-11(2)9-12/h4-6,9,13H,3,7-8H2,1-2H3,(H,16,17). The molecule has 1 rings (SSSR count). The summed E-state index contributed by atoms with van der Waals surface area (Å²) in [5.74, 6) is -0.0556. The van der Waals surface area contributed by atoms with E-state index >= 15 is 0 Å². The van der Waals surface area contributed by atoms with Crippen LogP contribution in [-0.4, -0.2) is 11.9 Å². The Kier molecular flexibility index (Phi) is 5.22. The molecule has 0 spiro atoms. The van der Waals surface area contributed by atoms with E-state index in [0.717, 1.165) is 12.0 Å². The maximum atomic E-state index is 11.6. The Bertz CT molecular complexity index is 420. The van der Waals surface area contributed by atoms with E-state index in [1.165, 1.54) is 5.56 Å². The first kappa shape index (κ1) is 13.2. The first-order valence-corrected chi connectivity index (χ1v) is 5.90. The van der Waals surface area contributed by atoms with E-state index in [1.807, 2.05) is 32.0 Å². The molecule has 1 amide bonds. The summed E-state index contributed by atoms with van der Waals surface area (Å²) in [6, 6.07) is 9.82. The fourth-order valence-corrected chi connectivity index (χ4v) is 1.62. The van der Waals surface area contributed by atoms with Crippen molar-refractivity contribution in [1.82, 2.24) is 5.32 Å². The van der Waals surface area contributed by atoms with E-state index in [2.05, 4.69) is 17.5 Å². The van der Waals surface area contributed by atoms with Crippen molar-refractivity contribution in [1.29, 1.82) is 5.26 Å². The smallest absolute Gasteiger partial charge is 0.221 e. The third-order valence-electron chi connectivity index (χ3n) is 2.62. The molecule has 0 aliphatic heterocycles. The van der Waals surface area contributed by atoms with Crippen LogP contribution in [0.2, 0.25) is 0 Å². The zero-order valence-electron chi connectivity index (χ0n) is 10.4. The van der Waals surface area contributed by atoms with Gasteiger partial charge < -0.3 is 5.32 Å². The summed E-state index contributed by atoms with van der Waals surface area (Å²) in [4.78, 5) is 11.6. The molecule has 0 aliphatic carbocycles. The molecule has 1 aromatic carbocycles. The highest BCUT2D eigenvalue weighted by molar-refractivity contribution is 5.76. The fraction of sp³-hybridized carbons (Fsp3) is 0.429. The lowest BCUT2D eigenvalue weighted by Gasteiger charge is -2.09. The Hall–Kier alpha value is -1.82. The van der Waals surface area contributed by atoms with Crippen LogP contribution >= 0.6 is 0 Å². The summed E-state index contributed by atoms with van der Waals surface area (Å²) in [6.07, 6.45) is 1.80. The lowest BCUT2D eigenvalue weighted by atomic mass is 10.1. The highest BCUT2D eigenvalue weighted by Gasteiger charge is 2.08. The van der Waals surface area contributed by atoms with Crippen molar-refractivity contribution in [2.45, 2.75) is 39.2 Å². The molecule has 0 radical (unpaired) electrons. The SMILES string of the molecule is CCC(C#N)NC(=O)CCc1cccc(C)c1. The molecule has 0 aromatic heterocycles. The van der Waals surface area contributed by atoms with Crippen LogP contribution in [0.1, 0.15) is 30.9 Å². The van der Waals surface area contributed by atoms with Gasteiger partial charge >= 0.3 is 0 Å². The van der Waals surface area contributed by atoms with Crippen molar-refractivity contribution >= 4 is 5.91 Å². The number of nitrogens with zero attached hydrogens (tertiary/aromatic N) is 1. The van der Waals surface area contributed by atoms with Gasteiger partial charge in [0, 0.05) is 6.42 Å². The lowest BCUT2D eigenvalue weighted by molar-refractivity contribution is -0.121. The topological polar surface area (TPSA) is 52.9 Å². The van der Waals surface area contributed by atoms with Crippen LogP contribution in [0.4, 0.5) is 0 Å². The van der Waals surface area contributed by atoms with E-state index in [4.69, 9.17) is 5.26 Å². The van der Waals surface area contributed by atoms with Crippen molar-refractivity contribution in [3.63, 3.8) is 0 Å². The molecule has 3 nitrogen and oxygen atoms in total. The summed E-state index contributed by atoms with van der Waals surface area (Å²) in [6.45, 7) is 3.92. The van der Waals surface area contributed by atoms with Crippen LogP contribution in [0, 0.1) is 18.3 Å². The molecule has 0 saturated carbocycles. The number of hydrogen-bond donors (Lipinski definition) is 1. The molecule has 0 saturated heterocycles. The van der Waals surface area contributed by atoms with E-state index < -0.39 is 0 Å². The molecule has 0 aliphatic rings. The first-order valence-electron chi connectivity index (χ1n) is 5.90. The molecule has 17 heavy (non-hydrogen) atoms. The van der Waals surface area contributed by atoms with Gasteiger partial charge in [0.2, 0.25) is 5.91 Å². The molecule has 90 valence electrons. The average molecular weight is 230 g/mol. The van der Waals surface area contributed by atoms with Gasteiger partial charge in [-0.2, -0.15) is 5.26 Å². The number of carbonyl (C=O) groups excluding carboxylic acids is 1. The Morgan fingerprint density at radius 3 is 2.88 bits per heavy atom. The summed E-state index contributed by atoms with van der Waals surface area (Å²) in [7, 11) is 0. The highest BCUT2D eigenvalue weighted by atomic mass is 16.1. The number of hydrogen-bond acceptors (Lipinski definition) is 2. The molecule has 0 bridgehead atoms. The lowest BCUT2D eigenvalue weighted by Crippen LogP contribution is -2.33. The molecule has 1 atom stereocenters. The van der Waals surface area contributed by atoms with Crippen molar-refractivity contribution in [3.8, 4) is 6.07 Å². The predicted molar refractivity (Wildman–Crippen MR) is 67.3 cm³/mol. The highest BCUT2D eigenvalue weighted by Crippen LogP contribution is 2.06. The van der Waals surface area contributed by atoms with E-state index in [1.54, 1.807) is 0 Å². The second kappa shape index (κ2) is 6.70. The molecule has 1 unspecified atom stereocenters. The molecule has 3 heteroatoms. The molecule has 0 heterocycles. The second-order valence-corrected chi connectivity index (χ2v) is 4.15. The summed E-state index contributed by atoms with van der Waals surface area (Å²) in [5.41, 5.74) is 2.36. The van der Waals surface area contributed by atoms with Gasteiger partial charge in [-0.05, 0) is 25.3 Å². The van der Waals surface area contributed by atoms with Gasteiger partial charge in [-0.15, -0.1) is 0 Å². The molecular formula is C14H18N2O. The van der Waals surface area contributed by atoms with Gasteiger partial charge in [-0.25, -0.2) is 0 Å². The van der Waals surface area contributed by atoms with Crippen molar-refractivity contribution < 1.29 is 4.79 Å². The maximum absolute atomic E-state index is 11.6. The van der Waals surface area contributed by atoms with Crippen LogP contribution in [0.25, 0.3) is 0 Å². The van der Waals surface area contributed by atoms with Crippen molar-refractivity contribution in [2.75, 3.05) is 0 Å². The number of aryl methyl sites for hydroxylation is 2. The van der Waals surface area contributed by atoms with Crippen LogP contribution in [0.3, 0.4) is 0 Å². The third kappa shape index (κ3) is 4.69. The minimum absolute atomic E-state index is 0.0556. The zero-order chi connectivity index (χ0) is 12.7. The normalized spacial score (nSPS) is 11.6. The maximum Gasteiger partial charge on any atom is 0.221 e. The zero-order valence-corrected chi connectivity index (χ0v) is 10.4.